The summed E-state index contributed by atoms with van der Waals surface area (Å²) in [6, 6.07) is 13.5. The third kappa shape index (κ3) is 4.64. The normalized spacial score (nSPS) is 13.9. The Labute approximate surface area is 184 Å². The van der Waals surface area contributed by atoms with E-state index in [2.05, 4.69) is 26.3 Å². The summed E-state index contributed by atoms with van der Waals surface area (Å²) in [6.45, 7) is 4.56. The van der Waals surface area contributed by atoms with Crippen molar-refractivity contribution in [1.29, 1.82) is 5.26 Å². The van der Waals surface area contributed by atoms with Crippen LogP contribution < -0.4 is 4.90 Å². The van der Waals surface area contributed by atoms with Crippen molar-refractivity contribution in [2.75, 3.05) is 31.1 Å². The molecule has 0 atom stereocenters. The zero-order valence-electron chi connectivity index (χ0n) is 16.6. The van der Waals surface area contributed by atoms with Crippen molar-refractivity contribution in [2.45, 2.75) is 17.6 Å². The van der Waals surface area contributed by atoms with Gasteiger partial charge >= 0.3 is 0 Å². The molecule has 1 aliphatic rings. The van der Waals surface area contributed by atoms with Crippen molar-refractivity contribution in [3.63, 3.8) is 0 Å². The summed E-state index contributed by atoms with van der Waals surface area (Å²) in [6.07, 6.45) is 1.70. The molecular formula is C22H21N5OS2. The molecule has 0 unspecified atom stereocenters. The lowest BCUT2D eigenvalue weighted by atomic mass is 10.1. The minimum absolute atomic E-state index is 0.0443. The second-order valence-corrected chi connectivity index (χ2v) is 9.05. The van der Waals surface area contributed by atoms with Gasteiger partial charge in [-0.25, -0.2) is 9.97 Å². The van der Waals surface area contributed by atoms with Crippen LogP contribution in [0, 0.1) is 18.3 Å². The predicted molar refractivity (Wildman–Crippen MR) is 120 cm³/mol. The van der Waals surface area contributed by atoms with E-state index in [0.717, 1.165) is 21.3 Å². The minimum atomic E-state index is 0.0443. The molecule has 30 heavy (non-hydrogen) atoms. The molecule has 4 rings (SSSR count). The second-order valence-electron chi connectivity index (χ2n) is 6.94. The van der Waals surface area contributed by atoms with E-state index in [9.17, 15) is 10.1 Å². The molecule has 8 heteroatoms. The maximum Gasteiger partial charge on any atom is 0.253 e. The van der Waals surface area contributed by atoms with Crippen LogP contribution in [0.1, 0.15) is 26.6 Å². The lowest BCUT2D eigenvalue weighted by Gasteiger charge is -2.35. The number of piperazine rings is 1. The highest BCUT2D eigenvalue weighted by Crippen LogP contribution is 2.24. The summed E-state index contributed by atoms with van der Waals surface area (Å²) in [5, 5.41) is 12.4. The zero-order valence-corrected chi connectivity index (χ0v) is 18.2. The highest BCUT2D eigenvalue weighted by Gasteiger charge is 2.24. The van der Waals surface area contributed by atoms with Crippen molar-refractivity contribution in [3.05, 3.63) is 69.8 Å². The largest absolute Gasteiger partial charge is 0.352 e. The van der Waals surface area contributed by atoms with Crippen LogP contribution in [0.25, 0.3) is 0 Å². The average Bonchev–Trinajstić information content (AvgIpc) is 3.22. The quantitative estimate of drug-likeness (QED) is 0.565. The van der Waals surface area contributed by atoms with Crippen LogP contribution in [0.15, 0.2) is 52.9 Å². The first-order valence-electron chi connectivity index (χ1n) is 9.67. The maximum absolute atomic E-state index is 12.9. The highest BCUT2D eigenvalue weighted by atomic mass is 32.2. The molecule has 1 aliphatic heterocycles. The third-order valence-corrected chi connectivity index (χ3v) is 6.80. The summed E-state index contributed by atoms with van der Waals surface area (Å²) in [7, 11) is 0. The Morgan fingerprint density at radius 1 is 1.20 bits per heavy atom. The van der Waals surface area contributed by atoms with E-state index < -0.39 is 0 Å². The Hall–Kier alpha value is -2.89. The van der Waals surface area contributed by atoms with Gasteiger partial charge in [-0.3, -0.25) is 4.79 Å². The Kier molecular flexibility index (Phi) is 6.31. The number of benzene rings is 1. The monoisotopic (exact) mass is 435 g/mol. The minimum Gasteiger partial charge on any atom is -0.352 e. The summed E-state index contributed by atoms with van der Waals surface area (Å²) in [5.41, 5.74) is 2.36. The van der Waals surface area contributed by atoms with Gasteiger partial charge in [-0.1, -0.05) is 0 Å². The van der Waals surface area contributed by atoms with Crippen LogP contribution in [0.2, 0.25) is 0 Å². The zero-order chi connectivity index (χ0) is 20.9. The molecule has 0 N–H and O–H groups in total. The average molecular weight is 436 g/mol. The number of anilines is 1. The number of hydrogen-bond donors (Lipinski definition) is 0. The fraction of sp³-hybridized carbons (Fsp3) is 0.273. The summed E-state index contributed by atoms with van der Waals surface area (Å²) in [5.74, 6) is 1.57. The van der Waals surface area contributed by atoms with Crippen molar-refractivity contribution in [1.82, 2.24) is 14.9 Å². The first-order chi connectivity index (χ1) is 14.6. The molecule has 6 nitrogen and oxygen atoms in total. The number of carbonyl (C=O) groups is 1. The van der Waals surface area contributed by atoms with E-state index >= 15 is 0 Å². The van der Waals surface area contributed by atoms with Gasteiger partial charge in [-0.05, 0) is 43.3 Å². The molecule has 3 heterocycles. The fourth-order valence-electron chi connectivity index (χ4n) is 3.37. The van der Waals surface area contributed by atoms with Crippen molar-refractivity contribution < 1.29 is 4.79 Å². The van der Waals surface area contributed by atoms with Gasteiger partial charge in [0, 0.05) is 54.0 Å². The van der Waals surface area contributed by atoms with Crippen molar-refractivity contribution in [2.24, 2.45) is 0 Å². The smallest absolute Gasteiger partial charge is 0.253 e. The van der Waals surface area contributed by atoms with Crippen molar-refractivity contribution >= 4 is 34.8 Å². The van der Waals surface area contributed by atoms with Gasteiger partial charge in [-0.2, -0.15) is 5.26 Å². The molecule has 0 saturated carbocycles. The first kappa shape index (κ1) is 20.4. The van der Waals surface area contributed by atoms with Crippen LogP contribution in [0.4, 0.5) is 5.82 Å². The maximum atomic E-state index is 12.9. The number of amides is 1. The SMILES string of the molecule is Cc1nc(CSc2ccc(C(=O)N3CCN(c4ncccc4C#N)CC3)cc2)cs1. The van der Waals surface area contributed by atoms with Gasteiger partial charge in [0.05, 0.1) is 16.3 Å². The Morgan fingerprint density at radius 3 is 2.63 bits per heavy atom. The summed E-state index contributed by atoms with van der Waals surface area (Å²) < 4.78 is 0. The highest BCUT2D eigenvalue weighted by molar-refractivity contribution is 7.98. The van der Waals surface area contributed by atoms with Gasteiger partial charge in [0.1, 0.15) is 11.9 Å². The molecule has 0 bridgehead atoms. The number of nitrogens with zero attached hydrogens (tertiary/aromatic N) is 5. The van der Waals surface area contributed by atoms with Crippen molar-refractivity contribution in [3.8, 4) is 6.07 Å². The summed E-state index contributed by atoms with van der Waals surface area (Å²) >= 11 is 3.39. The number of thioether (sulfide) groups is 1. The van der Waals surface area contributed by atoms with Crippen LogP contribution in [0.5, 0.6) is 0 Å². The molecular weight excluding hydrogens is 414 g/mol. The van der Waals surface area contributed by atoms with Gasteiger partial charge in [0.2, 0.25) is 0 Å². The molecule has 0 spiro atoms. The Bertz CT molecular complexity index is 1070. The molecule has 0 aliphatic carbocycles. The lowest BCUT2D eigenvalue weighted by molar-refractivity contribution is 0.0746. The third-order valence-electron chi connectivity index (χ3n) is 4.93. The van der Waals surface area contributed by atoms with E-state index in [-0.39, 0.29) is 5.91 Å². The molecule has 1 fully saturated rings. The molecule has 3 aromatic rings. The molecule has 0 radical (unpaired) electrons. The van der Waals surface area contributed by atoms with Crippen LogP contribution in [0.3, 0.4) is 0 Å². The lowest BCUT2D eigenvalue weighted by Crippen LogP contribution is -2.49. The van der Waals surface area contributed by atoms with E-state index in [1.54, 1.807) is 41.4 Å². The number of aromatic nitrogens is 2. The molecule has 1 amide bonds. The molecule has 1 saturated heterocycles. The van der Waals surface area contributed by atoms with Crippen LogP contribution in [-0.4, -0.2) is 47.0 Å². The topological polar surface area (TPSA) is 73.1 Å². The molecule has 152 valence electrons. The van der Waals surface area contributed by atoms with Gasteiger partial charge in [0.25, 0.3) is 5.91 Å². The Balaban J connectivity index is 1.33. The number of thiazole rings is 1. The van der Waals surface area contributed by atoms with Crippen LogP contribution >= 0.6 is 23.1 Å². The van der Waals surface area contributed by atoms with Gasteiger partial charge in [-0.15, -0.1) is 23.1 Å². The second kappa shape index (κ2) is 9.28. The van der Waals surface area contributed by atoms with Gasteiger partial charge in [0.15, 0.2) is 0 Å². The summed E-state index contributed by atoms with van der Waals surface area (Å²) in [4.78, 5) is 26.8. The van der Waals surface area contributed by atoms with Gasteiger partial charge < -0.3 is 9.80 Å². The molecule has 2 aromatic heterocycles. The number of nitriles is 1. The fourth-order valence-corrected chi connectivity index (χ4v) is 4.87. The number of pyridine rings is 1. The van der Waals surface area contributed by atoms with E-state index in [1.807, 2.05) is 36.1 Å². The standard InChI is InChI=1S/C22H21N5OS2/c1-16-25-19(14-29-16)15-30-20-6-4-17(5-7-20)22(28)27-11-9-26(10-12-27)21-18(13-23)3-2-8-24-21/h2-8,14H,9-12,15H2,1H3. The number of aryl methyl sites for hydroxylation is 1. The van der Waals surface area contributed by atoms with E-state index in [1.165, 1.54) is 0 Å². The van der Waals surface area contributed by atoms with E-state index in [0.29, 0.717) is 43.1 Å². The number of rotatable bonds is 5. The number of hydrogen-bond acceptors (Lipinski definition) is 7. The number of carbonyl (C=O) groups excluding carboxylic acids is 1. The molecule has 1 aromatic carbocycles. The van der Waals surface area contributed by atoms with E-state index in [4.69, 9.17) is 0 Å². The predicted octanol–water partition coefficient (Wildman–Crippen LogP) is 3.97. The van der Waals surface area contributed by atoms with Crippen LogP contribution in [-0.2, 0) is 5.75 Å². The Morgan fingerprint density at radius 2 is 1.97 bits per heavy atom. The first-order valence-corrected chi connectivity index (χ1v) is 11.5.